The number of azo groups is 1. The molecule has 1 aliphatic heterocycles. The fourth-order valence-electron chi connectivity index (χ4n) is 3.90. The Labute approximate surface area is 193 Å². The van der Waals surface area contributed by atoms with Gasteiger partial charge in [-0.2, -0.15) is 0 Å². The standard InChI is InChI=1S/C25H19N5O4/c1-34-16-12-10-14(11-13-16)21-20-22(28-27-21)17-8-5-9-18(19(17)23(20)31)26-25(33)30-29-24(32)15-6-3-2-4-7-15/h2-13,27-28,31H,1H3,(H,26,33). The van der Waals surface area contributed by atoms with E-state index in [0.29, 0.717) is 39.0 Å². The molecule has 0 bridgehead atoms. The maximum absolute atomic E-state index is 12.4. The second-order valence-corrected chi connectivity index (χ2v) is 7.48. The van der Waals surface area contributed by atoms with E-state index in [9.17, 15) is 14.7 Å². The molecular formula is C25H19N5O4. The summed E-state index contributed by atoms with van der Waals surface area (Å²) in [5.74, 6) is 0.0944. The molecule has 5 rings (SSSR count). The van der Waals surface area contributed by atoms with Crippen LogP contribution in [0.25, 0.3) is 33.3 Å². The number of benzene rings is 3. The minimum Gasteiger partial charge on any atom is -0.506 e. The van der Waals surface area contributed by atoms with Crippen molar-refractivity contribution in [2.75, 3.05) is 12.4 Å². The monoisotopic (exact) mass is 453 g/mol. The number of methoxy groups -OCH3 is 1. The van der Waals surface area contributed by atoms with Crippen LogP contribution in [0.3, 0.4) is 0 Å². The van der Waals surface area contributed by atoms with E-state index >= 15 is 0 Å². The van der Waals surface area contributed by atoms with Crippen LogP contribution in [0.4, 0.5) is 10.5 Å². The highest BCUT2D eigenvalue weighted by Crippen LogP contribution is 2.49. The number of H-pyrrole nitrogens is 2. The van der Waals surface area contributed by atoms with Crippen molar-refractivity contribution in [2.24, 2.45) is 10.2 Å². The number of rotatable bonds is 4. The van der Waals surface area contributed by atoms with Crippen LogP contribution in [0.5, 0.6) is 11.5 Å². The summed E-state index contributed by atoms with van der Waals surface area (Å²) in [5.41, 5.74) is 3.48. The van der Waals surface area contributed by atoms with Gasteiger partial charge in [-0.1, -0.05) is 35.4 Å². The van der Waals surface area contributed by atoms with Gasteiger partial charge in [0.1, 0.15) is 11.5 Å². The van der Waals surface area contributed by atoms with Crippen LogP contribution in [0, 0.1) is 0 Å². The van der Waals surface area contributed by atoms with Gasteiger partial charge in [-0.25, -0.2) is 4.79 Å². The number of aromatic nitrogens is 2. The van der Waals surface area contributed by atoms with Crippen molar-refractivity contribution in [1.29, 1.82) is 0 Å². The number of carbonyl (C=O) groups is 2. The number of hydrogen-bond acceptors (Lipinski definition) is 4. The number of carbonyl (C=O) groups excluding carboxylic acids is 2. The molecule has 3 aromatic carbocycles. The first-order valence-electron chi connectivity index (χ1n) is 10.4. The Morgan fingerprint density at radius 1 is 0.882 bits per heavy atom. The zero-order chi connectivity index (χ0) is 23.7. The molecule has 2 aliphatic rings. The Morgan fingerprint density at radius 2 is 1.62 bits per heavy atom. The van der Waals surface area contributed by atoms with Gasteiger partial charge in [0.25, 0.3) is 5.91 Å². The van der Waals surface area contributed by atoms with Crippen molar-refractivity contribution in [3.63, 3.8) is 0 Å². The number of fused-ring (bicyclic) bond motifs is 3. The number of nitrogens with one attached hydrogen (secondary N) is 3. The lowest BCUT2D eigenvalue weighted by atomic mass is 10.1. The Hall–Kier alpha value is -4.92. The van der Waals surface area contributed by atoms with Crippen molar-refractivity contribution in [3.05, 3.63) is 78.4 Å². The molecule has 4 N–H and O–H groups in total. The molecular weight excluding hydrogens is 434 g/mol. The highest BCUT2D eigenvalue weighted by Gasteiger charge is 2.26. The fraction of sp³-hybridized carbons (Fsp3) is 0.0400. The number of ether oxygens (including phenoxy) is 1. The number of amides is 3. The fourth-order valence-corrected chi connectivity index (χ4v) is 3.90. The Kier molecular flexibility index (Phi) is 5.27. The van der Waals surface area contributed by atoms with Crippen molar-refractivity contribution in [3.8, 4) is 34.0 Å². The van der Waals surface area contributed by atoms with Crippen LogP contribution in [0.15, 0.2) is 83.0 Å². The quantitative estimate of drug-likeness (QED) is 0.256. The molecule has 0 radical (unpaired) electrons. The molecule has 0 spiro atoms. The van der Waals surface area contributed by atoms with Crippen LogP contribution in [0.2, 0.25) is 0 Å². The smallest absolute Gasteiger partial charge is 0.364 e. The lowest BCUT2D eigenvalue weighted by molar-refractivity contribution is 0.0994. The van der Waals surface area contributed by atoms with Crippen molar-refractivity contribution < 1.29 is 19.4 Å². The van der Waals surface area contributed by atoms with Gasteiger partial charge < -0.3 is 15.2 Å². The van der Waals surface area contributed by atoms with E-state index in [-0.39, 0.29) is 5.75 Å². The first-order valence-corrected chi connectivity index (χ1v) is 10.4. The summed E-state index contributed by atoms with van der Waals surface area (Å²) in [7, 11) is 1.60. The maximum Gasteiger partial charge on any atom is 0.364 e. The predicted molar refractivity (Wildman–Crippen MR) is 128 cm³/mol. The minimum absolute atomic E-state index is 0.00141. The van der Waals surface area contributed by atoms with Gasteiger partial charge in [0, 0.05) is 16.5 Å². The van der Waals surface area contributed by atoms with E-state index < -0.39 is 11.9 Å². The Balaban J connectivity index is 1.47. The van der Waals surface area contributed by atoms with Crippen molar-refractivity contribution >= 4 is 28.4 Å². The molecule has 34 heavy (non-hydrogen) atoms. The molecule has 9 nitrogen and oxygen atoms in total. The van der Waals surface area contributed by atoms with E-state index in [4.69, 9.17) is 4.74 Å². The molecule has 3 aromatic rings. The first-order chi connectivity index (χ1) is 16.6. The molecule has 1 aliphatic carbocycles. The van der Waals surface area contributed by atoms with Crippen molar-refractivity contribution in [1.82, 2.24) is 10.2 Å². The highest BCUT2D eigenvalue weighted by atomic mass is 16.5. The van der Waals surface area contributed by atoms with E-state index in [1.165, 1.54) is 0 Å². The average molecular weight is 453 g/mol. The van der Waals surface area contributed by atoms with Gasteiger partial charge in [0.2, 0.25) is 0 Å². The van der Waals surface area contributed by atoms with Gasteiger partial charge in [-0.3, -0.25) is 15.0 Å². The summed E-state index contributed by atoms with van der Waals surface area (Å²) in [6.45, 7) is 0. The van der Waals surface area contributed by atoms with E-state index in [1.54, 1.807) is 49.6 Å². The van der Waals surface area contributed by atoms with Crippen molar-refractivity contribution in [2.45, 2.75) is 0 Å². The van der Waals surface area contributed by atoms with Gasteiger partial charge in [0.15, 0.2) is 0 Å². The highest BCUT2D eigenvalue weighted by molar-refractivity contribution is 6.16. The van der Waals surface area contributed by atoms with Crippen LogP contribution in [-0.4, -0.2) is 34.4 Å². The van der Waals surface area contributed by atoms with Crippen LogP contribution in [0.1, 0.15) is 10.4 Å². The molecule has 0 aromatic heterocycles. The molecule has 9 heteroatoms. The summed E-state index contributed by atoms with van der Waals surface area (Å²) < 4.78 is 5.21. The normalized spacial score (nSPS) is 11.3. The Morgan fingerprint density at radius 3 is 2.35 bits per heavy atom. The lowest BCUT2D eigenvalue weighted by Gasteiger charge is -2.05. The van der Waals surface area contributed by atoms with Gasteiger partial charge in [0.05, 0.1) is 35.1 Å². The summed E-state index contributed by atoms with van der Waals surface area (Å²) in [6.07, 6.45) is 0. The lowest BCUT2D eigenvalue weighted by Crippen LogP contribution is -2.06. The molecule has 0 unspecified atom stereocenters. The predicted octanol–water partition coefficient (Wildman–Crippen LogP) is 5.81. The molecule has 0 saturated carbocycles. The molecule has 3 amide bonds. The number of anilines is 1. The third-order valence-electron chi connectivity index (χ3n) is 5.49. The van der Waals surface area contributed by atoms with E-state index in [0.717, 1.165) is 11.3 Å². The molecule has 168 valence electrons. The number of aromatic hydroxyl groups is 1. The summed E-state index contributed by atoms with van der Waals surface area (Å²) >= 11 is 0. The van der Waals surface area contributed by atoms with Gasteiger partial charge in [-0.15, -0.1) is 5.11 Å². The second-order valence-electron chi connectivity index (χ2n) is 7.48. The summed E-state index contributed by atoms with van der Waals surface area (Å²) in [6, 6.07) is 20.1. The third kappa shape index (κ3) is 3.65. The molecule has 0 atom stereocenters. The largest absolute Gasteiger partial charge is 0.506 e. The average Bonchev–Trinajstić information content (AvgIpc) is 3.43. The van der Waals surface area contributed by atoms with Gasteiger partial charge >= 0.3 is 6.03 Å². The molecule has 1 heterocycles. The van der Waals surface area contributed by atoms with Crippen LogP contribution >= 0.6 is 0 Å². The number of hydrogen-bond donors (Lipinski definition) is 4. The van der Waals surface area contributed by atoms with Crippen LogP contribution in [-0.2, 0) is 0 Å². The number of urea groups is 1. The summed E-state index contributed by atoms with van der Waals surface area (Å²) in [5, 5.41) is 28.0. The van der Waals surface area contributed by atoms with E-state index in [2.05, 4.69) is 25.7 Å². The zero-order valence-corrected chi connectivity index (χ0v) is 18.0. The molecule has 0 saturated heterocycles. The number of nitrogens with zero attached hydrogens (tertiary/aromatic N) is 2. The van der Waals surface area contributed by atoms with E-state index in [1.807, 2.05) is 30.3 Å². The second kappa shape index (κ2) is 8.55. The zero-order valence-electron chi connectivity index (χ0n) is 18.0. The summed E-state index contributed by atoms with van der Waals surface area (Å²) in [4.78, 5) is 24.4. The molecule has 0 fully saturated rings. The van der Waals surface area contributed by atoms with Crippen LogP contribution < -0.4 is 10.1 Å². The van der Waals surface area contributed by atoms with Gasteiger partial charge in [-0.05, 0) is 42.5 Å². The topological polar surface area (TPSA) is 132 Å². The first kappa shape index (κ1) is 21.0. The third-order valence-corrected chi connectivity index (χ3v) is 5.49. The SMILES string of the molecule is COc1ccc(-c2[nH][nH]c3c4cccc(NC(=O)N=NC(=O)c5ccccc5)c4c(O)c2-3)cc1. The Bertz CT molecular complexity index is 1500. The number of aromatic amines is 2. The maximum atomic E-state index is 12.4. The minimum atomic E-state index is -0.831.